The second kappa shape index (κ2) is 5.52. The highest BCUT2D eigenvalue weighted by Crippen LogP contribution is 2.60. The van der Waals surface area contributed by atoms with Gasteiger partial charge >= 0.3 is 0 Å². The smallest absolute Gasteiger partial charge is 0.254 e. The van der Waals surface area contributed by atoms with Crippen LogP contribution < -0.4 is 14.2 Å². The van der Waals surface area contributed by atoms with E-state index in [0.29, 0.717) is 28.7 Å². The lowest BCUT2D eigenvalue weighted by Gasteiger charge is -2.51. The molecule has 0 aromatic heterocycles. The number of carbonyl (C=O) groups is 1. The molecule has 2 bridgehead atoms. The molecule has 0 spiro atoms. The van der Waals surface area contributed by atoms with E-state index in [9.17, 15) is 4.79 Å². The van der Waals surface area contributed by atoms with Crippen LogP contribution in [0.3, 0.4) is 0 Å². The summed E-state index contributed by atoms with van der Waals surface area (Å²) in [5.74, 6) is 1.85. The number of ether oxygens (including phenoxy) is 4. The van der Waals surface area contributed by atoms with Gasteiger partial charge in [0.2, 0.25) is 5.75 Å². The van der Waals surface area contributed by atoms with Crippen LogP contribution in [-0.2, 0) is 4.74 Å². The fourth-order valence-corrected chi connectivity index (χ4v) is 5.24. The fraction of sp³-hybridized carbons (Fsp3) is 0.650. The van der Waals surface area contributed by atoms with E-state index >= 15 is 0 Å². The molecule has 1 amide bonds. The highest BCUT2D eigenvalue weighted by Gasteiger charge is 2.72. The van der Waals surface area contributed by atoms with Gasteiger partial charge in [0, 0.05) is 11.5 Å². The maximum atomic E-state index is 13.3. The van der Waals surface area contributed by atoms with Crippen molar-refractivity contribution < 1.29 is 23.7 Å². The second-order valence-electron chi connectivity index (χ2n) is 8.23. The van der Waals surface area contributed by atoms with Gasteiger partial charge in [-0.15, -0.1) is 0 Å². The van der Waals surface area contributed by atoms with E-state index in [1.165, 1.54) is 0 Å². The third kappa shape index (κ3) is 2.24. The molecule has 3 heterocycles. The minimum absolute atomic E-state index is 0.00122. The minimum Gasteiger partial charge on any atom is -0.493 e. The molecule has 6 heteroatoms. The van der Waals surface area contributed by atoms with Crippen molar-refractivity contribution in [2.75, 3.05) is 21.3 Å². The lowest BCUT2D eigenvalue weighted by atomic mass is 9.69. The van der Waals surface area contributed by atoms with E-state index in [0.717, 1.165) is 12.8 Å². The zero-order valence-corrected chi connectivity index (χ0v) is 16.3. The standard InChI is InChI=1S/C20H27NO5/c1-19(2)12-7-8-20(3,26-19)17-15(12)21(17)18(22)11-9-13(23-4)16(25-6)14(10-11)24-5/h9-10,12,15,17H,7-8H2,1-6H3/t12-,15+,17-,20-,21?/m0/s1. The first-order chi connectivity index (χ1) is 12.3. The van der Waals surface area contributed by atoms with E-state index in [2.05, 4.69) is 20.8 Å². The Bertz CT molecular complexity index is 736. The van der Waals surface area contributed by atoms with Crippen LogP contribution >= 0.6 is 0 Å². The molecular weight excluding hydrogens is 334 g/mol. The summed E-state index contributed by atoms with van der Waals surface area (Å²) in [7, 11) is 4.67. The zero-order valence-electron chi connectivity index (χ0n) is 16.3. The number of likely N-dealkylation sites (tertiary alicyclic amines) is 1. The summed E-state index contributed by atoms with van der Waals surface area (Å²) in [6.45, 7) is 6.43. The summed E-state index contributed by atoms with van der Waals surface area (Å²) < 4.78 is 22.5. The van der Waals surface area contributed by atoms with Gasteiger partial charge in [0.1, 0.15) is 0 Å². The van der Waals surface area contributed by atoms with Crippen molar-refractivity contribution in [1.82, 2.24) is 4.90 Å². The van der Waals surface area contributed by atoms with Crippen LogP contribution in [0.25, 0.3) is 0 Å². The van der Waals surface area contributed by atoms with Crippen molar-refractivity contribution in [1.29, 1.82) is 0 Å². The van der Waals surface area contributed by atoms with Crippen LogP contribution in [0.5, 0.6) is 17.2 Å². The van der Waals surface area contributed by atoms with Crippen molar-refractivity contribution >= 4 is 5.91 Å². The summed E-state index contributed by atoms with van der Waals surface area (Å²) >= 11 is 0. The largest absolute Gasteiger partial charge is 0.493 e. The van der Waals surface area contributed by atoms with Crippen LogP contribution in [0.2, 0.25) is 0 Å². The molecule has 4 fully saturated rings. The number of hydrogen-bond donors (Lipinski definition) is 0. The molecule has 1 aliphatic carbocycles. The molecule has 0 unspecified atom stereocenters. The van der Waals surface area contributed by atoms with Gasteiger partial charge in [-0.3, -0.25) is 4.79 Å². The molecule has 4 atom stereocenters. The Balaban J connectivity index is 1.68. The second-order valence-corrected chi connectivity index (χ2v) is 8.23. The molecule has 3 saturated heterocycles. The molecule has 4 aliphatic rings. The minimum atomic E-state index is -0.265. The first kappa shape index (κ1) is 17.5. The number of rotatable bonds is 4. The lowest BCUT2D eigenvalue weighted by Crippen LogP contribution is -2.58. The third-order valence-electron chi connectivity index (χ3n) is 6.38. The number of nitrogens with zero attached hydrogens (tertiary/aromatic N) is 1. The predicted molar refractivity (Wildman–Crippen MR) is 96.1 cm³/mol. The van der Waals surface area contributed by atoms with Crippen molar-refractivity contribution in [3.63, 3.8) is 0 Å². The number of methoxy groups -OCH3 is 3. The van der Waals surface area contributed by atoms with Gasteiger partial charge in [0.25, 0.3) is 5.91 Å². The number of benzene rings is 1. The third-order valence-corrected chi connectivity index (χ3v) is 6.38. The topological polar surface area (TPSA) is 57.0 Å². The number of fused-ring (bicyclic) bond motifs is 2. The summed E-state index contributed by atoms with van der Waals surface area (Å²) in [5.41, 5.74) is 0.0900. The van der Waals surface area contributed by atoms with Gasteiger partial charge in [-0.2, -0.15) is 0 Å². The fourth-order valence-electron chi connectivity index (χ4n) is 5.24. The normalized spacial score (nSPS) is 33.5. The molecule has 0 N–H and O–H groups in total. The van der Waals surface area contributed by atoms with Gasteiger partial charge < -0.3 is 23.8 Å². The van der Waals surface area contributed by atoms with Crippen LogP contribution in [-0.4, -0.2) is 55.4 Å². The maximum absolute atomic E-state index is 13.3. The van der Waals surface area contributed by atoms with Gasteiger partial charge in [-0.25, -0.2) is 0 Å². The molecule has 1 aromatic carbocycles. The molecule has 1 aromatic rings. The van der Waals surface area contributed by atoms with Crippen molar-refractivity contribution in [2.45, 2.75) is 56.9 Å². The highest BCUT2D eigenvalue weighted by molar-refractivity contribution is 5.98. The monoisotopic (exact) mass is 361 g/mol. The van der Waals surface area contributed by atoms with E-state index in [4.69, 9.17) is 18.9 Å². The average Bonchev–Trinajstić information content (AvgIpc) is 3.36. The van der Waals surface area contributed by atoms with Crippen LogP contribution in [0.15, 0.2) is 12.1 Å². The number of hydrogen-bond acceptors (Lipinski definition) is 5. The van der Waals surface area contributed by atoms with Gasteiger partial charge in [-0.05, 0) is 45.7 Å². The van der Waals surface area contributed by atoms with E-state index in [-0.39, 0.29) is 29.2 Å². The Hall–Kier alpha value is -1.95. The Morgan fingerprint density at radius 1 is 1.12 bits per heavy atom. The van der Waals surface area contributed by atoms with Crippen LogP contribution in [0.1, 0.15) is 44.0 Å². The van der Waals surface area contributed by atoms with E-state index in [1.54, 1.807) is 33.5 Å². The van der Waals surface area contributed by atoms with Gasteiger partial charge in [0.05, 0.1) is 44.6 Å². The van der Waals surface area contributed by atoms with Gasteiger partial charge in [-0.1, -0.05) is 0 Å². The van der Waals surface area contributed by atoms with Crippen molar-refractivity contribution in [3.8, 4) is 17.2 Å². The molecule has 5 rings (SSSR count). The van der Waals surface area contributed by atoms with Crippen molar-refractivity contribution in [2.24, 2.45) is 5.92 Å². The SMILES string of the molecule is COc1cc(C(=O)N2[C@H]3[C@H]2[C@]2(C)CC[C@@H]3C(C)(C)O2)cc(OC)c1OC. The Kier molecular flexibility index (Phi) is 3.71. The first-order valence-corrected chi connectivity index (χ1v) is 9.10. The van der Waals surface area contributed by atoms with Gasteiger partial charge in [0.15, 0.2) is 11.5 Å². The quantitative estimate of drug-likeness (QED) is 0.772. The Morgan fingerprint density at radius 3 is 2.23 bits per heavy atom. The summed E-state index contributed by atoms with van der Waals surface area (Å²) in [6, 6.07) is 3.86. The Labute approximate surface area is 154 Å². The van der Waals surface area contributed by atoms with Crippen LogP contribution in [0.4, 0.5) is 0 Å². The number of carbonyl (C=O) groups excluding carboxylic acids is 1. The average molecular weight is 361 g/mol. The van der Waals surface area contributed by atoms with E-state index < -0.39 is 0 Å². The lowest BCUT2D eigenvalue weighted by molar-refractivity contribution is -0.214. The highest BCUT2D eigenvalue weighted by atomic mass is 16.5. The molecule has 0 radical (unpaired) electrons. The first-order valence-electron chi connectivity index (χ1n) is 9.10. The summed E-state index contributed by atoms with van der Waals surface area (Å²) in [5, 5.41) is 0. The summed E-state index contributed by atoms with van der Waals surface area (Å²) in [6.07, 6.45) is 2.10. The zero-order chi connectivity index (χ0) is 18.9. The summed E-state index contributed by atoms with van der Waals surface area (Å²) in [4.78, 5) is 15.3. The van der Waals surface area contributed by atoms with E-state index in [1.807, 2.05) is 4.90 Å². The predicted octanol–water partition coefficient (Wildman–Crippen LogP) is 2.88. The maximum Gasteiger partial charge on any atom is 0.254 e. The van der Waals surface area contributed by atoms with Crippen LogP contribution in [0, 0.1) is 5.92 Å². The molecule has 26 heavy (non-hydrogen) atoms. The molecule has 6 nitrogen and oxygen atoms in total. The molecular formula is C20H27NO5. The number of amides is 1. The molecule has 142 valence electrons. The molecule has 3 aliphatic heterocycles. The van der Waals surface area contributed by atoms with Crippen molar-refractivity contribution in [3.05, 3.63) is 17.7 Å². The molecule has 1 saturated carbocycles. The Morgan fingerprint density at radius 2 is 1.73 bits per heavy atom.